The maximum atomic E-state index is 5.66. The van der Waals surface area contributed by atoms with Crippen LogP contribution in [-0.2, 0) is 11.3 Å². The smallest absolute Gasteiger partial charge is 0.152 e. The van der Waals surface area contributed by atoms with Crippen LogP contribution in [0.15, 0.2) is 22.7 Å². The zero-order chi connectivity index (χ0) is 15.2. The fraction of sp³-hybridized carbons (Fsp3) is 0.562. The number of nitrogens with zero attached hydrogens (tertiary/aromatic N) is 2. The number of rotatable bonds is 7. The highest BCUT2D eigenvalue weighted by Crippen LogP contribution is 2.23. The van der Waals surface area contributed by atoms with Crippen LogP contribution in [0, 0.1) is 6.92 Å². The van der Waals surface area contributed by atoms with Crippen LogP contribution in [0.3, 0.4) is 0 Å². The summed E-state index contributed by atoms with van der Waals surface area (Å²) in [4.78, 5) is 2.46. The Balaban J connectivity index is 1.41. The van der Waals surface area contributed by atoms with Gasteiger partial charge in [0.25, 0.3) is 0 Å². The predicted molar refractivity (Wildman–Crippen MR) is 84.6 cm³/mol. The molecule has 2 aromatic rings. The van der Waals surface area contributed by atoms with E-state index in [1.54, 1.807) is 0 Å². The van der Waals surface area contributed by atoms with Crippen molar-refractivity contribution in [2.24, 2.45) is 0 Å². The summed E-state index contributed by atoms with van der Waals surface area (Å²) in [5.74, 6) is 1.76. The maximum Gasteiger partial charge on any atom is 0.152 e. The summed E-state index contributed by atoms with van der Waals surface area (Å²) in [5.41, 5.74) is 2.11. The molecule has 0 amide bonds. The molecule has 3 rings (SSSR count). The fourth-order valence-corrected chi connectivity index (χ4v) is 2.70. The molecule has 2 aromatic heterocycles. The van der Waals surface area contributed by atoms with Gasteiger partial charge in [-0.3, -0.25) is 10.00 Å². The molecule has 3 heterocycles. The lowest BCUT2D eigenvalue weighted by Gasteiger charge is -2.26. The molecule has 0 aromatic carbocycles. The van der Waals surface area contributed by atoms with E-state index in [4.69, 9.17) is 9.15 Å². The summed E-state index contributed by atoms with van der Waals surface area (Å²) >= 11 is 0. The molecule has 0 unspecified atom stereocenters. The van der Waals surface area contributed by atoms with Gasteiger partial charge in [0.05, 0.1) is 19.4 Å². The largest absolute Gasteiger partial charge is 0.460 e. The molecule has 2 N–H and O–H groups in total. The first kappa shape index (κ1) is 15.3. The number of hydrogen-bond donors (Lipinski definition) is 2. The number of furan rings is 1. The highest BCUT2D eigenvalue weighted by atomic mass is 16.5. The van der Waals surface area contributed by atoms with Crippen molar-refractivity contribution in [1.29, 1.82) is 0 Å². The summed E-state index contributed by atoms with van der Waals surface area (Å²) in [6.07, 6.45) is 3.01. The predicted octanol–water partition coefficient (Wildman–Crippen LogP) is 1.79. The first-order valence-electron chi connectivity index (χ1n) is 7.93. The van der Waals surface area contributed by atoms with Gasteiger partial charge in [0.1, 0.15) is 11.5 Å². The lowest BCUT2D eigenvalue weighted by Crippen LogP contribution is -2.37. The molecule has 22 heavy (non-hydrogen) atoms. The highest BCUT2D eigenvalue weighted by molar-refractivity contribution is 5.56. The number of morpholine rings is 1. The van der Waals surface area contributed by atoms with Crippen molar-refractivity contribution < 1.29 is 9.15 Å². The lowest BCUT2D eigenvalue weighted by atomic mass is 10.2. The molecule has 1 aliphatic rings. The van der Waals surface area contributed by atoms with Crippen molar-refractivity contribution in [2.45, 2.75) is 19.9 Å². The Kier molecular flexibility index (Phi) is 5.26. The standard InChI is InChI=1S/C16H24N4O2/c1-13-3-4-15(22-13)16-14(12-18-19-16)11-17-5-2-6-20-7-9-21-10-8-20/h3-4,12,17H,2,5-11H2,1H3,(H,18,19). The molecule has 1 fully saturated rings. The number of ether oxygens (including phenoxy) is 1. The monoisotopic (exact) mass is 304 g/mol. The number of aromatic nitrogens is 2. The topological polar surface area (TPSA) is 66.3 Å². The number of nitrogens with one attached hydrogen (secondary N) is 2. The van der Waals surface area contributed by atoms with Gasteiger partial charge in [-0.05, 0) is 38.6 Å². The fourth-order valence-electron chi connectivity index (χ4n) is 2.70. The molecule has 6 heteroatoms. The van der Waals surface area contributed by atoms with E-state index in [0.717, 1.165) is 75.1 Å². The molecule has 0 saturated carbocycles. The van der Waals surface area contributed by atoms with Crippen molar-refractivity contribution in [2.75, 3.05) is 39.4 Å². The van der Waals surface area contributed by atoms with Gasteiger partial charge in [0.15, 0.2) is 5.76 Å². The molecule has 6 nitrogen and oxygen atoms in total. The molecule has 0 bridgehead atoms. The average molecular weight is 304 g/mol. The first-order valence-corrected chi connectivity index (χ1v) is 7.93. The molecule has 1 saturated heterocycles. The van der Waals surface area contributed by atoms with E-state index in [2.05, 4.69) is 20.4 Å². The number of hydrogen-bond acceptors (Lipinski definition) is 5. The van der Waals surface area contributed by atoms with Crippen LogP contribution in [0.5, 0.6) is 0 Å². The molecular weight excluding hydrogens is 280 g/mol. The maximum absolute atomic E-state index is 5.66. The average Bonchev–Trinajstić information content (AvgIpc) is 3.16. The van der Waals surface area contributed by atoms with Gasteiger partial charge in [-0.1, -0.05) is 0 Å². The normalized spacial score (nSPS) is 16.2. The quantitative estimate of drug-likeness (QED) is 0.764. The number of aromatic amines is 1. The van der Waals surface area contributed by atoms with Crippen LogP contribution < -0.4 is 5.32 Å². The van der Waals surface area contributed by atoms with Crippen LogP contribution in [0.2, 0.25) is 0 Å². The van der Waals surface area contributed by atoms with Crippen molar-refractivity contribution in [3.05, 3.63) is 29.7 Å². The Morgan fingerprint density at radius 3 is 2.95 bits per heavy atom. The Labute approximate surface area is 130 Å². The molecule has 0 aliphatic carbocycles. The Morgan fingerprint density at radius 1 is 1.32 bits per heavy atom. The third kappa shape index (κ3) is 3.97. The van der Waals surface area contributed by atoms with Crippen LogP contribution in [0.1, 0.15) is 17.7 Å². The summed E-state index contributed by atoms with van der Waals surface area (Å²) in [6, 6.07) is 3.94. The SMILES string of the molecule is Cc1ccc(-c2[nH]ncc2CNCCCN2CCOCC2)o1. The van der Waals surface area contributed by atoms with Gasteiger partial charge in [-0.15, -0.1) is 0 Å². The second kappa shape index (κ2) is 7.58. The van der Waals surface area contributed by atoms with Crippen LogP contribution in [-0.4, -0.2) is 54.5 Å². The molecule has 0 radical (unpaired) electrons. The highest BCUT2D eigenvalue weighted by Gasteiger charge is 2.11. The molecule has 0 atom stereocenters. The lowest BCUT2D eigenvalue weighted by molar-refractivity contribution is 0.0374. The van der Waals surface area contributed by atoms with Crippen molar-refractivity contribution >= 4 is 0 Å². The van der Waals surface area contributed by atoms with Gasteiger partial charge in [0, 0.05) is 25.2 Å². The van der Waals surface area contributed by atoms with Gasteiger partial charge < -0.3 is 14.5 Å². The minimum Gasteiger partial charge on any atom is -0.460 e. The Bertz CT molecular complexity index is 572. The van der Waals surface area contributed by atoms with Crippen molar-refractivity contribution in [3.8, 4) is 11.5 Å². The van der Waals surface area contributed by atoms with Gasteiger partial charge in [0.2, 0.25) is 0 Å². The van der Waals surface area contributed by atoms with E-state index in [-0.39, 0.29) is 0 Å². The third-order valence-electron chi connectivity index (χ3n) is 3.95. The molecular formula is C16H24N4O2. The van der Waals surface area contributed by atoms with Crippen molar-refractivity contribution in [3.63, 3.8) is 0 Å². The number of H-pyrrole nitrogens is 1. The minimum atomic E-state index is 0.800. The van der Waals surface area contributed by atoms with E-state index >= 15 is 0 Å². The Hall–Kier alpha value is -1.63. The summed E-state index contributed by atoms with van der Waals surface area (Å²) < 4.78 is 11.0. The molecule has 0 spiro atoms. The van der Waals surface area contributed by atoms with Crippen molar-refractivity contribution in [1.82, 2.24) is 20.4 Å². The second-order valence-electron chi connectivity index (χ2n) is 5.66. The first-order chi connectivity index (χ1) is 10.8. The molecule has 1 aliphatic heterocycles. The van der Waals surface area contributed by atoms with Crippen LogP contribution >= 0.6 is 0 Å². The summed E-state index contributed by atoms with van der Waals surface area (Å²) in [7, 11) is 0. The number of aryl methyl sites for hydroxylation is 1. The van der Waals surface area contributed by atoms with E-state index in [1.807, 2.05) is 25.3 Å². The third-order valence-corrected chi connectivity index (χ3v) is 3.95. The van der Waals surface area contributed by atoms with E-state index in [0.29, 0.717) is 0 Å². The van der Waals surface area contributed by atoms with E-state index in [9.17, 15) is 0 Å². The zero-order valence-electron chi connectivity index (χ0n) is 13.1. The second-order valence-corrected chi connectivity index (χ2v) is 5.66. The zero-order valence-corrected chi connectivity index (χ0v) is 13.1. The summed E-state index contributed by atoms with van der Waals surface area (Å²) in [5, 5.41) is 10.6. The molecule has 120 valence electrons. The van der Waals surface area contributed by atoms with Crippen LogP contribution in [0.4, 0.5) is 0 Å². The minimum absolute atomic E-state index is 0.800. The van der Waals surface area contributed by atoms with Gasteiger partial charge in [-0.2, -0.15) is 5.10 Å². The Morgan fingerprint density at radius 2 is 2.18 bits per heavy atom. The van der Waals surface area contributed by atoms with Gasteiger partial charge in [-0.25, -0.2) is 0 Å². The van der Waals surface area contributed by atoms with E-state index < -0.39 is 0 Å². The van der Waals surface area contributed by atoms with Gasteiger partial charge >= 0.3 is 0 Å². The van der Waals surface area contributed by atoms with Crippen LogP contribution in [0.25, 0.3) is 11.5 Å². The summed E-state index contributed by atoms with van der Waals surface area (Å²) in [6.45, 7) is 8.74. The van der Waals surface area contributed by atoms with E-state index in [1.165, 1.54) is 0 Å².